The lowest BCUT2D eigenvalue weighted by Gasteiger charge is -2.29. The Hall–Kier alpha value is -3.94. The van der Waals surface area contributed by atoms with Crippen molar-refractivity contribution in [3.8, 4) is 11.8 Å². The third kappa shape index (κ3) is 6.54. The van der Waals surface area contributed by atoms with Gasteiger partial charge in [0.25, 0.3) is 11.8 Å². The maximum absolute atomic E-state index is 13.4. The number of methoxy groups -OCH3 is 2. The van der Waals surface area contributed by atoms with E-state index in [9.17, 15) is 9.59 Å². The number of aryl methyl sites for hydroxylation is 1. The minimum absolute atomic E-state index is 0.161. The van der Waals surface area contributed by atoms with Gasteiger partial charge in [0.15, 0.2) is 0 Å². The molecule has 2 amide bonds. The Morgan fingerprint density at radius 2 is 1.65 bits per heavy atom. The first-order valence-corrected chi connectivity index (χ1v) is 11.0. The SMILES string of the molecule is COc1cc(C(=O)N(C)[C@H](CCNC(=O)c2cccc(C)n2)Cc2ccccc2)cc(OC)n1. The van der Waals surface area contributed by atoms with Crippen molar-refractivity contribution in [1.29, 1.82) is 0 Å². The molecule has 0 spiro atoms. The normalized spacial score (nSPS) is 11.4. The van der Waals surface area contributed by atoms with E-state index in [4.69, 9.17) is 9.47 Å². The van der Waals surface area contributed by atoms with Crippen LogP contribution in [-0.2, 0) is 6.42 Å². The maximum Gasteiger partial charge on any atom is 0.269 e. The highest BCUT2D eigenvalue weighted by Gasteiger charge is 2.23. The quantitative estimate of drug-likeness (QED) is 0.497. The molecule has 34 heavy (non-hydrogen) atoms. The summed E-state index contributed by atoms with van der Waals surface area (Å²) < 4.78 is 10.4. The molecular formula is C26H30N4O4. The number of hydrogen-bond donors (Lipinski definition) is 1. The molecule has 0 saturated carbocycles. The van der Waals surface area contributed by atoms with Gasteiger partial charge in [0.1, 0.15) is 5.69 Å². The Balaban J connectivity index is 1.75. The summed E-state index contributed by atoms with van der Waals surface area (Å²) >= 11 is 0. The maximum atomic E-state index is 13.4. The van der Waals surface area contributed by atoms with E-state index in [1.807, 2.05) is 43.3 Å². The van der Waals surface area contributed by atoms with Crippen molar-refractivity contribution in [2.75, 3.05) is 27.8 Å². The second kappa shape index (κ2) is 11.8. The fourth-order valence-electron chi connectivity index (χ4n) is 3.61. The standard InChI is InChI=1S/C26H30N4O4/c1-18-9-8-12-22(28-18)25(31)27-14-13-21(15-19-10-6-5-7-11-19)30(2)26(32)20-16-23(33-3)29-24(17-20)34-4/h5-12,16-17,21H,13-15H2,1-4H3,(H,27,31)/t21-/m1/s1. The van der Waals surface area contributed by atoms with Crippen LogP contribution in [0.15, 0.2) is 60.7 Å². The van der Waals surface area contributed by atoms with Gasteiger partial charge >= 0.3 is 0 Å². The summed E-state index contributed by atoms with van der Waals surface area (Å²) in [6.45, 7) is 2.24. The molecule has 0 aliphatic rings. The Morgan fingerprint density at radius 1 is 0.971 bits per heavy atom. The summed E-state index contributed by atoms with van der Waals surface area (Å²) in [4.78, 5) is 36.0. The van der Waals surface area contributed by atoms with Crippen molar-refractivity contribution in [3.63, 3.8) is 0 Å². The zero-order valence-corrected chi connectivity index (χ0v) is 19.9. The number of benzene rings is 1. The largest absolute Gasteiger partial charge is 0.481 e. The first-order chi connectivity index (χ1) is 16.4. The van der Waals surface area contributed by atoms with E-state index in [0.717, 1.165) is 11.3 Å². The summed E-state index contributed by atoms with van der Waals surface area (Å²) in [5.41, 5.74) is 2.67. The van der Waals surface area contributed by atoms with Crippen LogP contribution < -0.4 is 14.8 Å². The van der Waals surface area contributed by atoms with Crippen LogP contribution in [0.4, 0.5) is 0 Å². The molecule has 2 aromatic heterocycles. The van der Waals surface area contributed by atoms with Crippen LogP contribution in [0.1, 0.15) is 38.5 Å². The lowest BCUT2D eigenvalue weighted by atomic mass is 10.0. The van der Waals surface area contributed by atoms with Crippen molar-refractivity contribution in [2.24, 2.45) is 0 Å². The van der Waals surface area contributed by atoms with Crippen molar-refractivity contribution < 1.29 is 19.1 Å². The van der Waals surface area contributed by atoms with Gasteiger partial charge in [0, 0.05) is 37.5 Å². The molecule has 2 heterocycles. The first-order valence-electron chi connectivity index (χ1n) is 11.0. The fraction of sp³-hybridized carbons (Fsp3) is 0.308. The molecule has 0 unspecified atom stereocenters. The number of aromatic nitrogens is 2. The van der Waals surface area contributed by atoms with Gasteiger partial charge in [-0.1, -0.05) is 36.4 Å². The molecule has 0 aliphatic heterocycles. The molecule has 1 atom stereocenters. The van der Waals surface area contributed by atoms with Crippen LogP contribution in [0.2, 0.25) is 0 Å². The molecule has 3 aromatic rings. The van der Waals surface area contributed by atoms with Crippen LogP contribution in [0.5, 0.6) is 11.8 Å². The van der Waals surface area contributed by atoms with Gasteiger partial charge in [0.2, 0.25) is 11.8 Å². The number of carbonyl (C=O) groups is 2. The lowest BCUT2D eigenvalue weighted by Crippen LogP contribution is -2.41. The average Bonchev–Trinajstić information content (AvgIpc) is 2.87. The zero-order valence-electron chi connectivity index (χ0n) is 19.9. The monoisotopic (exact) mass is 462 g/mol. The van der Waals surface area contributed by atoms with Crippen molar-refractivity contribution in [3.05, 3.63) is 83.2 Å². The molecular weight excluding hydrogens is 432 g/mol. The third-order valence-corrected chi connectivity index (χ3v) is 5.51. The highest BCUT2D eigenvalue weighted by Crippen LogP contribution is 2.21. The first kappa shape index (κ1) is 24.7. The van der Waals surface area contributed by atoms with E-state index in [0.29, 0.717) is 42.4 Å². The summed E-state index contributed by atoms with van der Waals surface area (Å²) in [5.74, 6) is 0.175. The number of nitrogens with zero attached hydrogens (tertiary/aromatic N) is 3. The number of rotatable bonds is 10. The fourth-order valence-corrected chi connectivity index (χ4v) is 3.61. The predicted octanol–water partition coefficient (Wildman–Crippen LogP) is 3.31. The highest BCUT2D eigenvalue weighted by molar-refractivity contribution is 5.95. The Morgan fingerprint density at radius 3 is 2.26 bits per heavy atom. The molecule has 0 fully saturated rings. The van der Waals surface area contributed by atoms with E-state index in [2.05, 4.69) is 15.3 Å². The summed E-state index contributed by atoms with van der Waals surface area (Å²) in [6.07, 6.45) is 1.20. The third-order valence-electron chi connectivity index (χ3n) is 5.51. The van der Waals surface area contributed by atoms with Crippen molar-refractivity contribution in [1.82, 2.24) is 20.2 Å². The molecule has 0 bridgehead atoms. The van der Waals surface area contributed by atoms with Gasteiger partial charge < -0.3 is 19.7 Å². The molecule has 1 aromatic carbocycles. The smallest absolute Gasteiger partial charge is 0.269 e. The Labute approximate surface area is 199 Å². The minimum atomic E-state index is -0.236. The minimum Gasteiger partial charge on any atom is -0.481 e. The van der Waals surface area contributed by atoms with Crippen LogP contribution in [0.3, 0.4) is 0 Å². The van der Waals surface area contributed by atoms with E-state index in [-0.39, 0.29) is 17.9 Å². The van der Waals surface area contributed by atoms with Gasteiger partial charge in [-0.15, -0.1) is 0 Å². The van der Waals surface area contributed by atoms with Crippen molar-refractivity contribution in [2.45, 2.75) is 25.8 Å². The van der Waals surface area contributed by atoms with Gasteiger partial charge in [-0.3, -0.25) is 9.59 Å². The number of hydrogen-bond acceptors (Lipinski definition) is 6. The van der Waals surface area contributed by atoms with Gasteiger partial charge in [0.05, 0.1) is 19.8 Å². The molecule has 3 rings (SSSR count). The summed E-state index contributed by atoms with van der Waals surface area (Å²) in [5, 5.41) is 2.92. The molecule has 8 nitrogen and oxygen atoms in total. The number of likely N-dealkylation sites (N-methyl/N-ethyl adjacent to an activating group) is 1. The van der Waals surface area contributed by atoms with E-state index < -0.39 is 0 Å². The zero-order chi connectivity index (χ0) is 24.5. The average molecular weight is 463 g/mol. The number of ether oxygens (including phenoxy) is 2. The van der Waals surface area contributed by atoms with Crippen LogP contribution in [0, 0.1) is 6.92 Å². The second-order valence-electron chi connectivity index (χ2n) is 7.91. The van der Waals surface area contributed by atoms with E-state index in [1.165, 1.54) is 14.2 Å². The van der Waals surface area contributed by atoms with Gasteiger partial charge in [-0.25, -0.2) is 4.98 Å². The Bertz CT molecular complexity index is 1100. The molecule has 0 aliphatic carbocycles. The van der Waals surface area contributed by atoms with E-state index >= 15 is 0 Å². The summed E-state index contributed by atoms with van der Waals surface area (Å²) in [7, 11) is 4.74. The molecule has 1 N–H and O–H groups in total. The summed E-state index contributed by atoms with van der Waals surface area (Å²) in [6, 6.07) is 18.3. The van der Waals surface area contributed by atoms with E-state index in [1.54, 1.807) is 36.2 Å². The van der Waals surface area contributed by atoms with Crippen LogP contribution in [-0.4, -0.2) is 60.5 Å². The topological polar surface area (TPSA) is 93.7 Å². The van der Waals surface area contributed by atoms with Crippen LogP contribution in [0.25, 0.3) is 0 Å². The number of pyridine rings is 2. The van der Waals surface area contributed by atoms with Crippen LogP contribution >= 0.6 is 0 Å². The highest BCUT2D eigenvalue weighted by atomic mass is 16.5. The van der Waals surface area contributed by atoms with Crippen molar-refractivity contribution >= 4 is 11.8 Å². The molecule has 0 radical (unpaired) electrons. The second-order valence-corrected chi connectivity index (χ2v) is 7.91. The molecule has 178 valence electrons. The molecule has 8 heteroatoms. The molecule has 0 saturated heterocycles. The predicted molar refractivity (Wildman–Crippen MR) is 129 cm³/mol. The number of carbonyl (C=O) groups excluding carboxylic acids is 2. The number of nitrogens with one attached hydrogen (secondary N) is 1. The van der Waals surface area contributed by atoms with Gasteiger partial charge in [-0.05, 0) is 37.5 Å². The lowest BCUT2D eigenvalue weighted by molar-refractivity contribution is 0.0721. The van der Waals surface area contributed by atoms with Gasteiger partial charge in [-0.2, -0.15) is 4.98 Å². The number of amides is 2. The Kier molecular flexibility index (Phi) is 8.56.